The van der Waals surface area contributed by atoms with E-state index in [2.05, 4.69) is 5.32 Å². The van der Waals surface area contributed by atoms with E-state index in [1.54, 1.807) is 13.8 Å². The number of fused-ring (bicyclic) bond motifs is 1. The van der Waals surface area contributed by atoms with E-state index in [9.17, 15) is 22.4 Å². The molecule has 0 fully saturated rings. The lowest BCUT2D eigenvalue weighted by atomic mass is 10.0. The van der Waals surface area contributed by atoms with Gasteiger partial charge in [0.05, 0.1) is 0 Å². The molecule has 0 aliphatic carbocycles. The maximum atomic E-state index is 14.1. The zero-order valence-electron chi connectivity index (χ0n) is 12.6. The number of aryl methyl sites for hydroxylation is 1. The average Bonchev–Trinajstić information content (AvgIpc) is 2.43. The summed E-state index contributed by atoms with van der Waals surface area (Å²) in [6.45, 7) is 3.08. The molecule has 0 saturated heterocycles. The molecule has 7 nitrogen and oxygen atoms in total. The van der Waals surface area contributed by atoms with E-state index in [1.165, 1.54) is 0 Å². The minimum Gasteiger partial charge on any atom is -0.480 e. The highest BCUT2D eigenvalue weighted by Crippen LogP contribution is 2.28. The van der Waals surface area contributed by atoms with Gasteiger partial charge in [-0.3, -0.25) is 9.59 Å². The maximum absolute atomic E-state index is 14.1. The number of aliphatic carboxylic acids is 1. The number of rotatable bonds is 5. The first-order valence-corrected chi connectivity index (χ1v) is 8.47. The van der Waals surface area contributed by atoms with E-state index in [0.29, 0.717) is 5.56 Å². The summed E-state index contributed by atoms with van der Waals surface area (Å²) < 4.78 is 40.8. The Morgan fingerprint density at radius 3 is 2.57 bits per heavy atom. The van der Waals surface area contributed by atoms with Crippen molar-refractivity contribution in [3.8, 4) is 0 Å². The van der Waals surface area contributed by atoms with Crippen LogP contribution in [0.2, 0.25) is 0 Å². The Hall–Kier alpha value is -2.00. The van der Waals surface area contributed by atoms with Crippen molar-refractivity contribution in [2.75, 3.05) is 5.32 Å². The van der Waals surface area contributed by atoms with Crippen molar-refractivity contribution in [3.05, 3.63) is 23.5 Å². The van der Waals surface area contributed by atoms with E-state index in [4.69, 9.17) is 5.11 Å². The lowest BCUT2D eigenvalue weighted by Gasteiger charge is -2.21. The molecule has 9 heteroatoms. The first-order chi connectivity index (χ1) is 10.6. The molecule has 0 saturated carbocycles. The second-order valence-electron chi connectivity index (χ2n) is 5.67. The molecule has 0 bridgehead atoms. The number of anilines is 1. The average molecular weight is 344 g/mol. The Morgan fingerprint density at radius 1 is 1.35 bits per heavy atom. The highest BCUT2D eigenvalue weighted by molar-refractivity contribution is 7.89. The van der Waals surface area contributed by atoms with Crippen LogP contribution < -0.4 is 10.0 Å². The van der Waals surface area contributed by atoms with Crippen LogP contribution in [0.1, 0.15) is 25.8 Å². The van der Waals surface area contributed by atoms with Crippen LogP contribution in [0.15, 0.2) is 17.0 Å². The number of hydrogen-bond donors (Lipinski definition) is 3. The summed E-state index contributed by atoms with van der Waals surface area (Å²) >= 11 is 0. The molecule has 1 heterocycles. The number of benzene rings is 1. The second kappa shape index (κ2) is 6.25. The smallest absolute Gasteiger partial charge is 0.322 e. The molecular formula is C14H17FN2O5S. The minimum atomic E-state index is -4.35. The number of hydrogen-bond acceptors (Lipinski definition) is 4. The number of carbonyl (C=O) groups excluding carboxylic acids is 1. The van der Waals surface area contributed by atoms with Crippen LogP contribution in [0.3, 0.4) is 0 Å². The monoisotopic (exact) mass is 344 g/mol. The third kappa shape index (κ3) is 3.67. The van der Waals surface area contributed by atoms with Gasteiger partial charge in [0.2, 0.25) is 15.9 Å². The number of halogens is 1. The van der Waals surface area contributed by atoms with Gasteiger partial charge >= 0.3 is 5.97 Å². The van der Waals surface area contributed by atoms with Gasteiger partial charge in [-0.25, -0.2) is 12.8 Å². The van der Waals surface area contributed by atoms with Crippen LogP contribution in [-0.4, -0.2) is 31.4 Å². The van der Waals surface area contributed by atoms with Gasteiger partial charge in [-0.15, -0.1) is 0 Å². The fourth-order valence-electron chi connectivity index (χ4n) is 2.29. The van der Waals surface area contributed by atoms with Crippen molar-refractivity contribution >= 4 is 27.6 Å². The van der Waals surface area contributed by atoms with Gasteiger partial charge in [0.1, 0.15) is 16.8 Å². The van der Waals surface area contributed by atoms with Crippen molar-refractivity contribution in [1.29, 1.82) is 0 Å². The Morgan fingerprint density at radius 2 is 2.00 bits per heavy atom. The predicted octanol–water partition coefficient (Wildman–Crippen LogP) is 1.10. The first-order valence-electron chi connectivity index (χ1n) is 6.99. The van der Waals surface area contributed by atoms with E-state index >= 15 is 0 Å². The molecule has 23 heavy (non-hydrogen) atoms. The summed E-state index contributed by atoms with van der Waals surface area (Å²) in [4.78, 5) is 21.8. The summed E-state index contributed by atoms with van der Waals surface area (Å²) in [6, 6.07) is 0.702. The van der Waals surface area contributed by atoms with Gasteiger partial charge in [-0.1, -0.05) is 13.8 Å². The van der Waals surface area contributed by atoms with Crippen molar-refractivity contribution in [3.63, 3.8) is 0 Å². The van der Waals surface area contributed by atoms with Crippen molar-refractivity contribution in [2.24, 2.45) is 5.92 Å². The summed E-state index contributed by atoms with van der Waals surface area (Å²) in [5.74, 6) is -3.17. The minimum absolute atomic E-state index is 0.176. The number of sulfonamides is 1. The number of carboxylic acid groups (broad SMARTS) is 1. The molecule has 0 radical (unpaired) electrons. The SMILES string of the molecule is CC(C)[C@H](NS(=O)(=O)c1cc2c(cc1F)NC(=O)CC2)C(=O)O. The maximum Gasteiger partial charge on any atom is 0.322 e. The number of amides is 1. The molecule has 0 aromatic heterocycles. The van der Waals surface area contributed by atoms with Gasteiger partial charge < -0.3 is 10.4 Å². The molecule has 0 spiro atoms. The molecule has 1 atom stereocenters. The van der Waals surface area contributed by atoms with Gasteiger partial charge in [0.15, 0.2) is 0 Å². The Kier molecular flexibility index (Phi) is 4.71. The van der Waals surface area contributed by atoms with Crippen LogP contribution in [0.5, 0.6) is 0 Å². The molecule has 2 rings (SSSR count). The molecule has 1 aliphatic rings. The topological polar surface area (TPSA) is 113 Å². The van der Waals surface area contributed by atoms with E-state index < -0.39 is 38.7 Å². The third-order valence-corrected chi connectivity index (χ3v) is 5.01. The second-order valence-corrected chi connectivity index (χ2v) is 7.35. The standard InChI is InChI=1S/C14H17FN2O5S/c1-7(2)13(14(19)20)17-23(21,22)11-5-8-3-4-12(18)16-10(8)6-9(11)15/h5-7,13,17H,3-4H2,1-2H3,(H,16,18)(H,19,20)/t13-/m0/s1. The Balaban J connectivity index is 2.40. The highest BCUT2D eigenvalue weighted by Gasteiger charge is 2.31. The number of nitrogens with one attached hydrogen (secondary N) is 2. The van der Waals surface area contributed by atoms with Gasteiger partial charge in [0.25, 0.3) is 0 Å². The molecular weight excluding hydrogens is 327 g/mol. The van der Waals surface area contributed by atoms with E-state index in [0.717, 1.165) is 12.1 Å². The molecule has 3 N–H and O–H groups in total. The first kappa shape index (κ1) is 17.4. The van der Waals surface area contributed by atoms with E-state index in [-0.39, 0.29) is 24.4 Å². The van der Waals surface area contributed by atoms with Crippen LogP contribution >= 0.6 is 0 Å². The normalized spacial score (nSPS) is 15.9. The zero-order chi connectivity index (χ0) is 17.4. The highest BCUT2D eigenvalue weighted by atomic mass is 32.2. The molecule has 0 unspecified atom stereocenters. The van der Waals surface area contributed by atoms with E-state index in [1.807, 2.05) is 4.72 Å². The number of carboxylic acids is 1. The molecule has 1 amide bonds. The van der Waals surface area contributed by atoms with Gasteiger partial charge in [0, 0.05) is 12.1 Å². The van der Waals surface area contributed by atoms with Crippen molar-refractivity contribution in [1.82, 2.24) is 4.72 Å². The predicted molar refractivity (Wildman–Crippen MR) is 79.9 cm³/mol. The molecule has 1 aliphatic heterocycles. The molecule has 1 aromatic carbocycles. The fraction of sp³-hybridized carbons (Fsp3) is 0.429. The van der Waals surface area contributed by atoms with Crippen molar-refractivity contribution < 1.29 is 27.5 Å². The summed E-state index contributed by atoms with van der Waals surface area (Å²) in [6.07, 6.45) is 0.464. The quantitative estimate of drug-likeness (QED) is 0.740. The van der Waals surface area contributed by atoms with Crippen molar-refractivity contribution in [2.45, 2.75) is 37.6 Å². The summed E-state index contributed by atoms with van der Waals surface area (Å²) in [5.41, 5.74) is 0.721. The zero-order valence-corrected chi connectivity index (χ0v) is 13.4. The summed E-state index contributed by atoms with van der Waals surface area (Å²) in [7, 11) is -4.35. The third-order valence-electron chi connectivity index (χ3n) is 3.56. The van der Waals surface area contributed by atoms with Gasteiger partial charge in [-0.2, -0.15) is 4.72 Å². The number of carbonyl (C=O) groups is 2. The van der Waals surface area contributed by atoms with Crippen LogP contribution in [-0.2, 0) is 26.0 Å². The fourth-order valence-corrected chi connectivity index (χ4v) is 3.74. The summed E-state index contributed by atoms with van der Waals surface area (Å²) in [5, 5.41) is 11.5. The van der Waals surface area contributed by atoms with Crippen LogP contribution in [0.25, 0.3) is 0 Å². The lowest BCUT2D eigenvalue weighted by Crippen LogP contribution is -2.44. The Labute approximate surface area is 132 Å². The van der Waals surface area contributed by atoms with Crippen LogP contribution in [0, 0.1) is 11.7 Å². The van der Waals surface area contributed by atoms with Crippen LogP contribution in [0.4, 0.5) is 10.1 Å². The Bertz CT molecular complexity index is 761. The van der Waals surface area contributed by atoms with Gasteiger partial charge in [-0.05, 0) is 30.0 Å². The molecule has 126 valence electrons. The lowest BCUT2D eigenvalue weighted by molar-refractivity contribution is -0.140. The largest absolute Gasteiger partial charge is 0.480 e. The molecule has 1 aromatic rings.